The van der Waals surface area contributed by atoms with Crippen LogP contribution in [0.4, 0.5) is 0 Å². The summed E-state index contributed by atoms with van der Waals surface area (Å²) in [4.78, 5) is 21.3. The third kappa shape index (κ3) is 2.64. The molecule has 1 rings (SSSR count). The Bertz CT molecular complexity index is 462. The Kier molecular flexibility index (Phi) is 3.58. The minimum absolute atomic E-state index is 0.203. The van der Waals surface area contributed by atoms with Crippen molar-refractivity contribution in [3.05, 3.63) is 33.3 Å². The number of carbonyl (C=O) groups excluding carboxylic acids is 1. The summed E-state index contributed by atoms with van der Waals surface area (Å²) in [5.41, 5.74) is 0.681. The van der Waals surface area contributed by atoms with Crippen LogP contribution in [0.15, 0.2) is 16.6 Å². The summed E-state index contributed by atoms with van der Waals surface area (Å²) in [5.74, 6) is -1.07. The van der Waals surface area contributed by atoms with Crippen LogP contribution < -0.4 is 0 Å². The first-order chi connectivity index (χ1) is 7.08. The van der Waals surface area contributed by atoms with Gasteiger partial charge < -0.3 is 5.11 Å². The van der Waals surface area contributed by atoms with Crippen molar-refractivity contribution in [1.82, 2.24) is 0 Å². The van der Waals surface area contributed by atoms with E-state index < -0.39 is 5.97 Å². The molecule has 0 fully saturated rings. The second-order valence-electron chi connectivity index (χ2n) is 2.82. The highest BCUT2D eigenvalue weighted by Crippen LogP contribution is 2.20. The lowest BCUT2D eigenvalue weighted by Crippen LogP contribution is -2.06. The van der Waals surface area contributed by atoms with E-state index in [9.17, 15) is 9.59 Å². The second-order valence-corrected chi connectivity index (χ2v) is 3.74. The van der Waals surface area contributed by atoms with Crippen molar-refractivity contribution in [3.8, 4) is 6.07 Å². The number of nitriles is 1. The molecule has 0 spiro atoms. The highest BCUT2D eigenvalue weighted by Gasteiger charge is 2.12. The molecule has 0 unspecified atom stereocenters. The molecule has 0 aliphatic rings. The Morgan fingerprint density at radius 2 is 2.27 bits per heavy atom. The van der Waals surface area contributed by atoms with E-state index >= 15 is 0 Å². The van der Waals surface area contributed by atoms with Crippen LogP contribution in [0.1, 0.15) is 21.5 Å². The lowest BCUT2D eigenvalue weighted by Gasteiger charge is -2.05. The fourth-order valence-electron chi connectivity index (χ4n) is 1.21. The lowest BCUT2D eigenvalue weighted by molar-refractivity contribution is -0.136. The van der Waals surface area contributed by atoms with Crippen molar-refractivity contribution in [2.24, 2.45) is 0 Å². The van der Waals surface area contributed by atoms with Gasteiger partial charge in [-0.2, -0.15) is 5.26 Å². The highest BCUT2D eigenvalue weighted by molar-refractivity contribution is 9.10. The summed E-state index contributed by atoms with van der Waals surface area (Å²) in [5, 5.41) is 17.4. The molecule has 4 nitrogen and oxygen atoms in total. The SMILES string of the molecule is N#Cc1cc(Br)cc(C=O)c1CC(=O)O. The number of carboxylic acid groups (broad SMARTS) is 1. The zero-order chi connectivity index (χ0) is 11.4. The van der Waals surface area contributed by atoms with Gasteiger partial charge in [-0.25, -0.2) is 0 Å². The molecule has 0 atom stereocenters. The molecule has 0 saturated heterocycles. The van der Waals surface area contributed by atoms with Gasteiger partial charge in [0.1, 0.15) is 6.29 Å². The van der Waals surface area contributed by atoms with Crippen LogP contribution >= 0.6 is 15.9 Å². The van der Waals surface area contributed by atoms with E-state index in [-0.39, 0.29) is 23.1 Å². The third-order valence-electron chi connectivity index (χ3n) is 1.82. The summed E-state index contributed by atoms with van der Waals surface area (Å²) in [6, 6.07) is 4.85. The number of carbonyl (C=O) groups is 2. The molecule has 1 aromatic carbocycles. The zero-order valence-electron chi connectivity index (χ0n) is 7.53. The Balaban J connectivity index is 3.38. The number of aldehydes is 1. The average molecular weight is 268 g/mol. The van der Waals surface area contributed by atoms with Crippen LogP contribution in [0, 0.1) is 11.3 Å². The van der Waals surface area contributed by atoms with Crippen LogP contribution in [0.5, 0.6) is 0 Å². The van der Waals surface area contributed by atoms with Gasteiger partial charge in [-0.05, 0) is 17.7 Å². The Hall–Kier alpha value is -1.67. The minimum atomic E-state index is -1.07. The smallest absolute Gasteiger partial charge is 0.307 e. The number of carboxylic acids is 1. The minimum Gasteiger partial charge on any atom is -0.481 e. The maximum absolute atomic E-state index is 10.7. The summed E-state index contributed by atoms with van der Waals surface area (Å²) in [6.07, 6.45) is 0.216. The number of halogens is 1. The van der Waals surface area contributed by atoms with E-state index in [1.807, 2.05) is 6.07 Å². The van der Waals surface area contributed by atoms with Crippen LogP contribution in [0.2, 0.25) is 0 Å². The first-order valence-corrected chi connectivity index (χ1v) is 4.77. The molecule has 0 aliphatic heterocycles. The van der Waals surface area contributed by atoms with Gasteiger partial charge in [0.15, 0.2) is 0 Å². The topological polar surface area (TPSA) is 78.2 Å². The molecule has 0 aliphatic carbocycles. The van der Waals surface area contributed by atoms with E-state index in [0.717, 1.165) is 0 Å². The van der Waals surface area contributed by atoms with Crippen LogP contribution in [0.25, 0.3) is 0 Å². The van der Waals surface area contributed by atoms with E-state index in [1.54, 1.807) is 0 Å². The van der Waals surface area contributed by atoms with Crippen molar-refractivity contribution in [3.63, 3.8) is 0 Å². The van der Waals surface area contributed by atoms with Crippen molar-refractivity contribution in [1.29, 1.82) is 5.26 Å². The van der Waals surface area contributed by atoms with E-state index in [1.165, 1.54) is 12.1 Å². The molecule has 0 aromatic heterocycles. The molecular weight excluding hydrogens is 262 g/mol. The number of hydrogen-bond donors (Lipinski definition) is 1. The quantitative estimate of drug-likeness (QED) is 0.847. The summed E-state index contributed by atoms with van der Waals surface area (Å²) < 4.78 is 0.579. The van der Waals surface area contributed by atoms with E-state index in [2.05, 4.69) is 15.9 Å². The Labute approximate surface area is 94.3 Å². The van der Waals surface area contributed by atoms with Gasteiger partial charge in [-0.15, -0.1) is 0 Å². The first kappa shape index (κ1) is 11.4. The second kappa shape index (κ2) is 4.71. The molecule has 1 aromatic rings. The van der Waals surface area contributed by atoms with Gasteiger partial charge in [-0.1, -0.05) is 15.9 Å². The van der Waals surface area contributed by atoms with Gasteiger partial charge in [0.25, 0.3) is 0 Å². The predicted octanol–water partition coefficient (Wildman–Crippen LogP) is 1.76. The number of rotatable bonds is 3. The Morgan fingerprint density at radius 1 is 1.60 bits per heavy atom. The summed E-state index contributed by atoms with van der Waals surface area (Å²) in [6.45, 7) is 0. The molecule has 0 amide bonds. The number of nitrogens with zero attached hydrogens (tertiary/aromatic N) is 1. The third-order valence-corrected chi connectivity index (χ3v) is 2.28. The van der Waals surface area contributed by atoms with Gasteiger partial charge >= 0.3 is 5.97 Å². The molecular formula is C10H6BrNO3. The van der Waals surface area contributed by atoms with E-state index in [0.29, 0.717) is 10.8 Å². The largest absolute Gasteiger partial charge is 0.481 e. The summed E-state index contributed by atoms with van der Waals surface area (Å²) in [7, 11) is 0. The van der Waals surface area contributed by atoms with Gasteiger partial charge in [0.05, 0.1) is 18.1 Å². The summed E-state index contributed by atoms with van der Waals surface area (Å²) >= 11 is 3.14. The standard InChI is InChI=1S/C10H6BrNO3/c11-8-1-6(4-12)9(3-10(14)15)7(2-8)5-13/h1-2,5H,3H2,(H,14,15). The highest BCUT2D eigenvalue weighted by atomic mass is 79.9. The normalized spacial score (nSPS) is 9.33. The average Bonchev–Trinajstić information content (AvgIpc) is 2.19. The lowest BCUT2D eigenvalue weighted by atomic mass is 10.00. The van der Waals surface area contributed by atoms with Crippen LogP contribution in [-0.4, -0.2) is 17.4 Å². The van der Waals surface area contributed by atoms with Crippen molar-refractivity contribution in [2.45, 2.75) is 6.42 Å². The fraction of sp³-hybridized carbons (Fsp3) is 0.100. The Morgan fingerprint density at radius 3 is 2.73 bits per heavy atom. The maximum atomic E-state index is 10.7. The van der Waals surface area contributed by atoms with Gasteiger partial charge in [0, 0.05) is 10.0 Å². The molecule has 15 heavy (non-hydrogen) atoms. The molecule has 0 bridgehead atoms. The molecule has 0 saturated carbocycles. The molecule has 0 radical (unpaired) electrons. The van der Waals surface area contributed by atoms with Gasteiger partial charge in [-0.3, -0.25) is 9.59 Å². The van der Waals surface area contributed by atoms with E-state index in [4.69, 9.17) is 10.4 Å². The molecule has 5 heteroatoms. The van der Waals surface area contributed by atoms with Crippen LogP contribution in [-0.2, 0) is 11.2 Å². The molecule has 1 N–H and O–H groups in total. The van der Waals surface area contributed by atoms with Gasteiger partial charge in [0.2, 0.25) is 0 Å². The fourth-order valence-corrected chi connectivity index (χ4v) is 1.69. The molecule has 0 heterocycles. The monoisotopic (exact) mass is 267 g/mol. The number of hydrogen-bond acceptors (Lipinski definition) is 3. The van der Waals surface area contributed by atoms with Crippen molar-refractivity contribution < 1.29 is 14.7 Å². The number of aliphatic carboxylic acids is 1. The number of benzene rings is 1. The maximum Gasteiger partial charge on any atom is 0.307 e. The molecule has 76 valence electrons. The predicted molar refractivity (Wildman–Crippen MR) is 55.6 cm³/mol. The van der Waals surface area contributed by atoms with Crippen molar-refractivity contribution >= 4 is 28.2 Å². The van der Waals surface area contributed by atoms with Crippen molar-refractivity contribution in [2.75, 3.05) is 0 Å². The zero-order valence-corrected chi connectivity index (χ0v) is 9.11. The van der Waals surface area contributed by atoms with Crippen LogP contribution in [0.3, 0.4) is 0 Å². The first-order valence-electron chi connectivity index (χ1n) is 3.98.